The first-order valence-electron chi connectivity index (χ1n) is 8.83. The van der Waals surface area contributed by atoms with Crippen molar-refractivity contribution in [2.75, 3.05) is 18.0 Å². The van der Waals surface area contributed by atoms with Crippen LogP contribution in [-0.4, -0.2) is 29.9 Å². The van der Waals surface area contributed by atoms with Crippen molar-refractivity contribution in [3.63, 3.8) is 0 Å². The standard InChI is InChI=1S/C21H18N4O/c22-13-15-6-8-16(9-7-15)17-3-1-4-19-18(17)10-12-25(19)21(26)20-5-2-11-24(20)14-23/h1,3-4,6-9,20H,2,5,10-12H2/t20-/m0/s1. The molecule has 0 radical (unpaired) electrons. The molecular weight excluding hydrogens is 324 g/mol. The van der Waals surface area contributed by atoms with Gasteiger partial charge in [0.05, 0.1) is 11.6 Å². The van der Waals surface area contributed by atoms with Crippen molar-refractivity contribution < 1.29 is 4.79 Å². The normalized spacial score (nSPS) is 18.3. The third-order valence-electron chi connectivity index (χ3n) is 5.28. The molecule has 2 aliphatic rings. The minimum absolute atomic E-state index is 0.0276. The first kappa shape index (κ1) is 16.2. The van der Waals surface area contributed by atoms with Crippen LogP contribution in [0.15, 0.2) is 42.5 Å². The molecule has 4 rings (SSSR count). The fourth-order valence-electron chi connectivity index (χ4n) is 3.98. The number of carbonyl (C=O) groups is 1. The molecule has 1 fully saturated rings. The van der Waals surface area contributed by atoms with Crippen molar-refractivity contribution in [1.82, 2.24) is 4.90 Å². The highest BCUT2D eigenvalue weighted by molar-refractivity contribution is 6.00. The topological polar surface area (TPSA) is 71.1 Å². The Bertz CT molecular complexity index is 936. The Morgan fingerprint density at radius 1 is 1.08 bits per heavy atom. The van der Waals surface area contributed by atoms with E-state index in [1.807, 2.05) is 41.3 Å². The molecule has 0 aromatic heterocycles. The Morgan fingerprint density at radius 3 is 2.62 bits per heavy atom. The highest BCUT2D eigenvalue weighted by Crippen LogP contribution is 2.37. The van der Waals surface area contributed by atoms with Crippen LogP contribution in [-0.2, 0) is 11.2 Å². The number of fused-ring (bicyclic) bond motifs is 1. The number of nitrogens with zero attached hydrogens (tertiary/aromatic N) is 4. The largest absolute Gasteiger partial charge is 0.310 e. The van der Waals surface area contributed by atoms with Crippen LogP contribution in [0.4, 0.5) is 5.69 Å². The van der Waals surface area contributed by atoms with Crippen molar-refractivity contribution in [2.24, 2.45) is 0 Å². The maximum atomic E-state index is 13.0. The molecule has 0 aliphatic carbocycles. The lowest BCUT2D eigenvalue weighted by Crippen LogP contribution is -2.43. The molecule has 2 heterocycles. The van der Waals surface area contributed by atoms with Crippen molar-refractivity contribution in [3.8, 4) is 23.4 Å². The van der Waals surface area contributed by atoms with E-state index in [-0.39, 0.29) is 11.9 Å². The second-order valence-electron chi connectivity index (χ2n) is 6.68. The van der Waals surface area contributed by atoms with E-state index in [0.29, 0.717) is 18.7 Å². The quantitative estimate of drug-likeness (QED) is 0.787. The van der Waals surface area contributed by atoms with Gasteiger partial charge in [-0.05, 0) is 54.2 Å². The Morgan fingerprint density at radius 2 is 1.88 bits per heavy atom. The van der Waals surface area contributed by atoms with E-state index in [1.54, 1.807) is 4.90 Å². The monoisotopic (exact) mass is 342 g/mol. The van der Waals surface area contributed by atoms with E-state index in [2.05, 4.69) is 18.3 Å². The molecule has 0 bridgehead atoms. The summed E-state index contributed by atoms with van der Waals surface area (Å²) >= 11 is 0. The predicted molar refractivity (Wildman–Crippen MR) is 98.0 cm³/mol. The minimum atomic E-state index is -0.329. The lowest BCUT2D eigenvalue weighted by Gasteiger charge is -2.25. The molecule has 5 nitrogen and oxygen atoms in total. The Balaban J connectivity index is 1.67. The van der Waals surface area contributed by atoms with Gasteiger partial charge in [-0.25, -0.2) is 0 Å². The third-order valence-corrected chi connectivity index (χ3v) is 5.28. The van der Waals surface area contributed by atoms with Gasteiger partial charge in [-0.3, -0.25) is 9.69 Å². The van der Waals surface area contributed by atoms with Crippen molar-refractivity contribution in [1.29, 1.82) is 10.5 Å². The summed E-state index contributed by atoms with van der Waals surface area (Å²) in [6.45, 7) is 1.32. The van der Waals surface area contributed by atoms with Crippen LogP contribution >= 0.6 is 0 Å². The van der Waals surface area contributed by atoms with Gasteiger partial charge in [0, 0.05) is 18.8 Å². The van der Waals surface area contributed by atoms with E-state index >= 15 is 0 Å². The van der Waals surface area contributed by atoms with Gasteiger partial charge in [-0.2, -0.15) is 10.5 Å². The molecule has 1 atom stereocenters. The smallest absolute Gasteiger partial charge is 0.250 e. The van der Waals surface area contributed by atoms with Gasteiger partial charge in [-0.15, -0.1) is 0 Å². The SMILES string of the molecule is N#Cc1ccc(-c2cccc3c2CCN3C(=O)[C@@H]2CCCN2C#N)cc1. The van der Waals surface area contributed by atoms with Crippen molar-refractivity contribution >= 4 is 11.6 Å². The Kier molecular flexibility index (Phi) is 4.07. The van der Waals surface area contributed by atoms with Gasteiger partial charge in [0.2, 0.25) is 5.91 Å². The van der Waals surface area contributed by atoms with Crippen molar-refractivity contribution in [3.05, 3.63) is 53.6 Å². The molecule has 0 N–H and O–H groups in total. The van der Waals surface area contributed by atoms with E-state index in [9.17, 15) is 10.1 Å². The van der Waals surface area contributed by atoms with Gasteiger partial charge >= 0.3 is 0 Å². The molecule has 0 spiro atoms. The number of hydrogen-bond donors (Lipinski definition) is 0. The van der Waals surface area contributed by atoms with E-state index in [0.717, 1.165) is 41.6 Å². The van der Waals surface area contributed by atoms with Crippen LogP contribution in [0.3, 0.4) is 0 Å². The first-order valence-corrected chi connectivity index (χ1v) is 8.83. The molecular formula is C21H18N4O. The van der Waals surface area contributed by atoms with Crippen molar-refractivity contribution in [2.45, 2.75) is 25.3 Å². The van der Waals surface area contributed by atoms with Crippen LogP contribution in [0.5, 0.6) is 0 Å². The van der Waals surface area contributed by atoms with E-state index in [1.165, 1.54) is 0 Å². The summed E-state index contributed by atoms with van der Waals surface area (Å²) in [5, 5.41) is 18.2. The zero-order chi connectivity index (χ0) is 18.1. The average molecular weight is 342 g/mol. The first-order chi connectivity index (χ1) is 12.7. The lowest BCUT2D eigenvalue weighted by molar-refractivity contribution is -0.121. The van der Waals surface area contributed by atoms with Crippen LogP contribution in [0.1, 0.15) is 24.0 Å². The predicted octanol–water partition coefficient (Wildman–Crippen LogP) is 3.06. The third kappa shape index (κ3) is 2.59. The molecule has 5 heteroatoms. The number of rotatable bonds is 2. The summed E-state index contributed by atoms with van der Waals surface area (Å²) in [6, 6.07) is 15.4. The van der Waals surface area contributed by atoms with Gasteiger partial charge in [-0.1, -0.05) is 24.3 Å². The number of carbonyl (C=O) groups excluding carboxylic acids is 1. The molecule has 0 saturated carbocycles. The highest BCUT2D eigenvalue weighted by Gasteiger charge is 2.36. The molecule has 2 aromatic rings. The summed E-state index contributed by atoms with van der Waals surface area (Å²) in [5.74, 6) is 0.0276. The maximum Gasteiger partial charge on any atom is 0.250 e. The van der Waals surface area contributed by atoms with Crippen LogP contribution in [0.2, 0.25) is 0 Å². The minimum Gasteiger partial charge on any atom is -0.310 e. The number of benzene rings is 2. The summed E-state index contributed by atoms with van der Waals surface area (Å²) < 4.78 is 0. The molecule has 1 amide bonds. The highest BCUT2D eigenvalue weighted by atomic mass is 16.2. The number of anilines is 1. The molecule has 0 unspecified atom stereocenters. The molecule has 26 heavy (non-hydrogen) atoms. The summed E-state index contributed by atoms with van der Waals surface area (Å²) in [6.07, 6.45) is 4.58. The fourth-order valence-corrected chi connectivity index (χ4v) is 3.98. The van der Waals surface area contributed by atoms with E-state index < -0.39 is 0 Å². The second-order valence-corrected chi connectivity index (χ2v) is 6.68. The zero-order valence-electron chi connectivity index (χ0n) is 14.4. The number of nitriles is 2. The van der Waals surface area contributed by atoms with Crippen LogP contribution < -0.4 is 4.90 Å². The number of likely N-dealkylation sites (tertiary alicyclic amines) is 1. The summed E-state index contributed by atoms with van der Waals surface area (Å²) in [4.78, 5) is 16.4. The second kappa shape index (κ2) is 6.54. The van der Waals surface area contributed by atoms with Gasteiger partial charge in [0.1, 0.15) is 6.04 Å². The summed E-state index contributed by atoms with van der Waals surface area (Å²) in [7, 11) is 0. The van der Waals surface area contributed by atoms with Gasteiger partial charge in [0.25, 0.3) is 0 Å². The zero-order valence-corrected chi connectivity index (χ0v) is 14.4. The molecule has 2 aromatic carbocycles. The van der Waals surface area contributed by atoms with Gasteiger partial charge < -0.3 is 4.90 Å². The molecule has 128 valence electrons. The van der Waals surface area contributed by atoms with Gasteiger partial charge in [0.15, 0.2) is 6.19 Å². The summed E-state index contributed by atoms with van der Waals surface area (Å²) in [5.41, 5.74) is 4.89. The maximum absolute atomic E-state index is 13.0. The molecule has 2 aliphatic heterocycles. The van der Waals surface area contributed by atoms with E-state index in [4.69, 9.17) is 5.26 Å². The Labute approximate surface area is 152 Å². The number of amides is 1. The van der Waals surface area contributed by atoms with Crippen LogP contribution in [0, 0.1) is 22.8 Å². The fraction of sp³-hybridized carbons (Fsp3) is 0.286. The lowest BCUT2D eigenvalue weighted by atomic mass is 9.97. The van der Waals surface area contributed by atoms with Crippen LogP contribution in [0.25, 0.3) is 11.1 Å². The Hall–Kier alpha value is -3.31. The molecule has 1 saturated heterocycles. The number of hydrogen-bond acceptors (Lipinski definition) is 4. The average Bonchev–Trinajstić information content (AvgIpc) is 3.34.